The van der Waals surface area contributed by atoms with Crippen LogP contribution >= 0.6 is 39.0 Å². The first-order valence-electron chi connectivity index (χ1n) is 7.49. The number of nitrogens with zero attached hydrogens (tertiary/aromatic N) is 2. The van der Waals surface area contributed by atoms with Crippen LogP contribution in [0, 0.1) is 0 Å². The average Bonchev–Trinajstić information content (AvgIpc) is 3.08. The number of carbonyl (C=O) groups is 2. The zero-order chi connectivity index (χ0) is 18.4. The van der Waals surface area contributed by atoms with Gasteiger partial charge in [-0.15, -0.1) is 10.2 Å². The Kier molecular flexibility index (Phi) is 6.37. The Morgan fingerprint density at radius 3 is 2.50 bits per heavy atom. The van der Waals surface area contributed by atoms with Crippen molar-refractivity contribution in [3.05, 3.63) is 64.6 Å². The number of hydrogen-bond donors (Lipinski definition) is 2. The number of para-hydroxylation sites is 1. The number of anilines is 2. The standard InChI is InChI=1S/C17H13BrN4O2S2/c18-13-9-5-4-8-12(13)15(24)20-16-21-22-17(26-16)25-10-14(23)19-11-6-2-1-3-7-11/h1-9H,10H2,(H,19,23)(H,20,21,24). The maximum atomic E-state index is 12.2. The van der Waals surface area contributed by atoms with Crippen LogP contribution in [0.2, 0.25) is 0 Å². The average molecular weight is 449 g/mol. The maximum absolute atomic E-state index is 12.2. The second-order valence-electron chi connectivity index (χ2n) is 5.01. The monoisotopic (exact) mass is 448 g/mol. The molecule has 3 aromatic rings. The lowest BCUT2D eigenvalue weighted by Gasteiger charge is -2.03. The number of aromatic nitrogens is 2. The van der Waals surface area contributed by atoms with E-state index in [0.717, 1.165) is 5.69 Å². The smallest absolute Gasteiger partial charge is 0.258 e. The third-order valence-corrected chi connectivity index (χ3v) is 5.79. The van der Waals surface area contributed by atoms with Crippen molar-refractivity contribution in [2.24, 2.45) is 0 Å². The second kappa shape index (κ2) is 8.93. The van der Waals surface area contributed by atoms with Gasteiger partial charge in [-0.1, -0.05) is 53.4 Å². The number of benzene rings is 2. The first-order valence-corrected chi connectivity index (χ1v) is 10.1. The van der Waals surface area contributed by atoms with Crippen molar-refractivity contribution in [2.45, 2.75) is 4.34 Å². The number of rotatable bonds is 6. The minimum absolute atomic E-state index is 0.129. The summed E-state index contributed by atoms with van der Waals surface area (Å²) in [5, 5.41) is 13.8. The molecule has 0 fully saturated rings. The van der Waals surface area contributed by atoms with E-state index in [1.807, 2.05) is 36.4 Å². The van der Waals surface area contributed by atoms with E-state index in [1.165, 1.54) is 23.1 Å². The lowest BCUT2D eigenvalue weighted by molar-refractivity contribution is -0.113. The van der Waals surface area contributed by atoms with E-state index >= 15 is 0 Å². The molecule has 0 aliphatic heterocycles. The van der Waals surface area contributed by atoms with Crippen molar-refractivity contribution in [3.63, 3.8) is 0 Å². The molecule has 0 atom stereocenters. The molecule has 0 saturated carbocycles. The Labute approximate surface area is 166 Å². The highest BCUT2D eigenvalue weighted by atomic mass is 79.9. The minimum atomic E-state index is -0.271. The van der Waals surface area contributed by atoms with E-state index in [1.54, 1.807) is 18.2 Å². The lowest BCUT2D eigenvalue weighted by Crippen LogP contribution is -2.13. The molecule has 1 aromatic heterocycles. The van der Waals surface area contributed by atoms with Gasteiger partial charge >= 0.3 is 0 Å². The normalized spacial score (nSPS) is 10.3. The van der Waals surface area contributed by atoms with Crippen LogP contribution in [-0.4, -0.2) is 27.8 Å². The number of carbonyl (C=O) groups excluding carboxylic acids is 2. The predicted octanol–water partition coefficient (Wildman–Crippen LogP) is 4.28. The van der Waals surface area contributed by atoms with E-state index < -0.39 is 0 Å². The molecule has 0 saturated heterocycles. The van der Waals surface area contributed by atoms with Crippen molar-refractivity contribution < 1.29 is 9.59 Å². The van der Waals surface area contributed by atoms with Gasteiger partial charge in [-0.3, -0.25) is 14.9 Å². The van der Waals surface area contributed by atoms with Gasteiger partial charge in [-0.05, 0) is 40.2 Å². The van der Waals surface area contributed by atoms with Gasteiger partial charge in [0.2, 0.25) is 11.0 Å². The summed E-state index contributed by atoms with van der Waals surface area (Å²) in [5.74, 6) is -0.191. The van der Waals surface area contributed by atoms with Crippen molar-refractivity contribution >= 4 is 61.7 Å². The molecule has 0 radical (unpaired) electrons. The fourth-order valence-electron chi connectivity index (χ4n) is 1.97. The zero-order valence-corrected chi connectivity index (χ0v) is 16.5. The molecule has 0 spiro atoms. The van der Waals surface area contributed by atoms with Gasteiger partial charge < -0.3 is 5.32 Å². The molecule has 0 bridgehead atoms. The van der Waals surface area contributed by atoms with Crippen molar-refractivity contribution in [2.75, 3.05) is 16.4 Å². The third-order valence-electron chi connectivity index (χ3n) is 3.13. The highest BCUT2D eigenvalue weighted by Gasteiger charge is 2.13. The van der Waals surface area contributed by atoms with Crippen LogP contribution in [0.25, 0.3) is 0 Å². The summed E-state index contributed by atoms with van der Waals surface area (Å²) < 4.78 is 1.31. The fraction of sp³-hybridized carbons (Fsp3) is 0.0588. The van der Waals surface area contributed by atoms with Crippen molar-refractivity contribution in [3.8, 4) is 0 Å². The zero-order valence-electron chi connectivity index (χ0n) is 13.3. The third kappa shape index (κ3) is 5.13. The van der Waals surface area contributed by atoms with Gasteiger partial charge in [0.05, 0.1) is 11.3 Å². The number of hydrogen-bond acceptors (Lipinski definition) is 6. The predicted molar refractivity (Wildman–Crippen MR) is 108 cm³/mol. The molecule has 2 amide bonds. The fourth-order valence-corrected chi connectivity index (χ4v) is 3.99. The van der Waals surface area contributed by atoms with E-state index in [2.05, 4.69) is 36.8 Å². The number of amides is 2. The van der Waals surface area contributed by atoms with Gasteiger partial charge in [-0.2, -0.15) is 0 Å². The maximum Gasteiger partial charge on any atom is 0.258 e. The second-order valence-corrected chi connectivity index (χ2v) is 8.06. The Balaban J connectivity index is 1.52. The summed E-state index contributed by atoms with van der Waals surface area (Å²) in [4.78, 5) is 24.2. The molecular weight excluding hydrogens is 436 g/mol. The van der Waals surface area contributed by atoms with E-state index in [0.29, 0.717) is 19.5 Å². The van der Waals surface area contributed by atoms with Crippen LogP contribution < -0.4 is 10.6 Å². The SMILES string of the molecule is O=C(CSc1nnc(NC(=O)c2ccccc2Br)s1)Nc1ccccc1. The largest absolute Gasteiger partial charge is 0.325 e. The molecule has 132 valence electrons. The Morgan fingerprint density at radius 2 is 1.73 bits per heavy atom. The molecule has 6 nitrogen and oxygen atoms in total. The molecule has 0 aliphatic rings. The summed E-state index contributed by atoms with van der Waals surface area (Å²) in [6.07, 6.45) is 0. The van der Waals surface area contributed by atoms with Gasteiger partial charge in [0.15, 0.2) is 4.34 Å². The Bertz CT molecular complexity index is 918. The van der Waals surface area contributed by atoms with E-state index in [-0.39, 0.29) is 17.6 Å². The molecule has 0 unspecified atom stereocenters. The van der Waals surface area contributed by atoms with Crippen LogP contribution in [0.3, 0.4) is 0 Å². The van der Waals surface area contributed by atoms with Gasteiger partial charge in [0.25, 0.3) is 5.91 Å². The molecular formula is C17H13BrN4O2S2. The molecule has 26 heavy (non-hydrogen) atoms. The summed E-state index contributed by atoms with van der Waals surface area (Å²) in [7, 11) is 0. The van der Waals surface area contributed by atoms with Gasteiger partial charge in [0.1, 0.15) is 0 Å². The van der Waals surface area contributed by atoms with Crippen LogP contribution in [0.1, 0.15) is 10.4 Å². The topological polar surface area (TPSA) is 84.0 Å². The first kappa shape index (κ1) is 18.6. The quantitative estimate of drug-likeness (QED) is 0.434. The highest BCUT2D eigenvalue weighted by molar-refractivity contribution is 9.10. The lowest BCUT2D eigenvalue weighted by atomic mass is 10.2. The van der Waals surface area contributed by atoms with Crippen LogP contribution in [0.15, 0.2) is 63.4 Å². The van der Waals surface area contributed by atoms with E-state index in [9.17, 15) is 9.59 Å². The Morgan fingerprint density at radius 1 is 1.00 bits per heavy atom. The molecule has 0 aliphatic carbocycles. The number of nitrogens with one attached hydrogen (secondary N) is 2. The Hall–Kier alpha value is -2.23. The number of thioether (sulfide) groups is 1. The van der Waals surface area contributed by atoms with E-state index in [4.69, 9.17) is 0 Å². The molecule has 1 heterocycles. The van der Waals surface area contributed by atoms with Crippen LogP contribution in [0.4, 0.5) is 10.8 Å². The van der Waals surface area contributed by atoms with Crippen LogP contribution in [-0.2, 0) is 4.79 Å². The molecule has 2 N–H and O–H groups in total. The summed E-state index contributed by atoms with van der Waals surface area (Å²) in [6.45, 7) is 0. The first-order chi connectivity index (χ1) is 12.6. The summed E-state index contributed by atoms with van der Waals surface area (Å²) >= 11 is 5.83. The van der Waals surface area contributed by atoms with Crippen molar-refractivity contribution in [1.82, 2.24) is 10.2 Å². The highest BCUT2D eigenvalue weighted by Crippen LogP contribution is 2.26. The molecule has 2 aromatic carbocycles. The van der Waals surface area contributed by atoms with Crippen LogP contribution in [0.5, 0.6) is 0 Å². The molecule has 9 heteroatoms. The summed E-state index contributed by atoms with van der Waals surface area (Å²) in [6, 6.07) is 16.4. The van der Waals surface area contributed by atoms with Crippen molar-refractivity contribution in [1.29, 1.82) is 0 Å². The van der Waals surface area contributed by atoms with Gasteiger partial charge in [-0.25, -0.2) is 0 Å². The molecule has 3 rings (SSSR count). The number of halogens is 1. The minimum Gasteiger partial charge on any atom is -0.325 e. The van der Waals surface area contributed by atoms with Gasteiger partial charge in [0, 0.05) is 10.2 Å². The summed E-state index contributed by atoms with van der Waals surface area (Å²) in [5.41, 5.74) is 1.26.